The molecule has 5 heteroatoms. The Morgan fingerprint density at radius 2 is 1.92 bits per heavy atom. The van der Waals surface area contributed by atoms with E-state index in [0.717, 1.165) is 0 Å². The number of nitrogens with one attached hydrogen (secondary N) is 1. The molecule has 5 nitrogen and oxygen atoms in total. The van der Waals surface area contributed by atoms with Gasteiger partial charge >= 0.3 is 5.97 Å². The van der Waals surface area contributed by atoms with Crippen LogP contribution < -0.4 is 5.48 Å². The van der Waals surface area contributed by atoms with Crippen LogP contribution in [0.1, 0.15) is 27.2 Å². The maximum atomic E-state index is 10.8. The fourth-order valence-electron chi connectivity index (χ4n) is 0.548. The molecule has 0 spiro atoms. The summed E-state index contributed by atoms with van der Waals surface area (Å²) < 4.78 is 4.80. The predicted molar refractivity (Wildman–Crippen MR) is 40.4 cm³/mol. The van der Waals surface area contributed by atoms with E-state index in [0.29, 0.717) is 0 Å². The van der Waals surface area contributed by atoms with Crippen LogP contribution in [0.25, 0.3) is 0 Å². The van der Waals surface area contributed by atoms with Crippen LogP contribution in [-0.2, 0) is 14.3 Å². The molecule has 12 heavy (non-hydrogen) atoms. The van der Waals surface area contributed by atoms with E-state index in [1.807, 2.05) is 0 Å². The average Bonchev–Trinajstić information content (AvgIpc) is 1.82. The second-order valence-corrected chi connectivity index (χ2v) is 3.30. The molecule has 0 aromatic heterocycles. The Balaban J connectivity index is 3.83. The first kappa shape index (κ1) is 10.9. The highest BCUT2D eigenvalue weighted by Gasteiger charge is 2.18. The maximum Gasteiger partial charge on any atom is 0.315 e. The highest BCUT2D eigenvalue weighted by molar-refractivity contribution is 5.93. The van der Waals surface area contributed by atoms with Crippen LogP contribution in [0.2, 0.25) is 0 Å². The molecule has 0 unspecified atom stereocenters. The smallest absolute Gasteiger partial charge is 0.315 e. The van der Waals surface area contributed by atoms with Crippen LogP contribution in [0.4, 0.5) is 0 Å². The van der Waals surface area contributed by atoms with Gasteiger partial charge < -0.3 is 4.74 Å². The van der Waals surface area contributed by atoms with Crippen molar-refractivity contribution in [1.29, 1.82) is 0 Å². The van der Waals surface area contributed by atoms with Crippen molar-refractivity contribution in [3.05, 3.63) is 0 Å². The van der Waals surface area contributed by atoms with Gasteiger partial charge in [0, 0.05) is 0 Å². The van der Waals surface area contributed by atoms with Crippen LogP contribution in [0.3, 0.4) is 0 Å². The Morgan fingerprint density at radius 3 is 2.25 bits per heavy atom. The minimum Gasteiger partial charge on any atom is -0.460 e. The number of hydroxylamine groups is 1. The Kier molecular flexibility index (Phi) is 3.69. The Labute approximate surface area is 70.7 Å². The Morgan fingerprint density at radius 1 is 1.42 bits per heavy atom. The molecule has 2 N–H and O–H groups in total. The number of hydrogen-bond acceptors (Lipinski definition) is 4. The first-order chi connectivity index (χ1) is 5.35. The summed E-state index contributed by atoms with van der Waals surface area (Å²) >= 11 is 0. The van der Waals surface area contributed by atoms with E-state index in [1.165, 1.54) is 5.48 Å². The molecule has 0 aliphatic heterocycles. The summed E-state index contributed by atoms with van der Waals surface area (Å²) in [6.07, 6.45) is -0.465. The molecular weight excluding hydrogens is 162 g/mol. The zero-order valence-electron chi connectivity index (χ0n) is 7.38. The molecule has 0 bridgehead atoms. The highest BCUT2D eigenvalue weighted by atomic mass is 16.6. The van der Waals surface area contributed by atoms with Gasteiger partial charge in [-0.3, -0.25) is 14.8 Å². The lowest BCUT2D eigenvalue weighted by molar-refractivity contribution is -0.157. The van der Waals surface area contributed by atoms with Gasteiger partial charge in [-0.05, 0) is 20.8 Å². The monoisotopic (exact) mass is 175 g/mol. The van der Waals surface area contributed by atoms with E-state index in [1.54, 1.807) is 20.8 Å². The SMILES string of the molecule is CC(C)(C)OC(=O)CC(=O)NO. The van der Waals surface area contributed by atoms with Gasteiger partial charge in [0.25, 0.3) is 5.91 Å². The van der Waals surface area contributed by atoms with Gasteiger partial charge in [0.05, 0.1) is 0 Å². The molecule has 1 amide bonds. The second kappa shape index (κ2) is 4.06. The third-order valence-electron chi connectivity index (χ3n) is 0.850. The van der Waals surface area contributed by atoms with Gasteiger partial charge in [-0.25, -0.2) is 5.48 Å². The lowest BCUT2D eigenvalue weighted by Gasteiger charge is -2.18. The molecule has 0 saturated carbocycles. The largest absolute Gasteiger partial charge is 0.460 e. The topological polar surface area (TPSA) is 75.6 Å². The van der Waals surface area contributed by atoms with E-state index < -0.39 is 23.9 Å². The number of esters is 1. The molecule has 0 aliphatic carbocycles. The van der Waals surface area contributed by atoms with Crippen molar-refractivity contribution < 1.29 is 19.5 Å². The third kappa shape index (κ3) is 5.67. The fraction of sp³-hybridized carbons (Fsp3) is 0.714. The molecule has 0 fully saturated rings. The van der Waals surface area contributed by atoms with Gasteiger partial charge in [-0.2, -0.15) is 0 Å². The van der Waals surface area contributed by atoms with Gasteiger partial charge in [-0.1, -0.05) is 0 Å². The van der Waals surface area contributed by atoms with Crippen molar-refractivity contribution in [2.75, 3.05) is 0 Å². The summed E-state index contributed by atoms with van der Waals surface area (Å²) in [5.74, 6) is -1.43. The van der Waals surface area contributed by atoms with Crippen LogP contribution in [0.15, 0.2) is 0 Å². The van der Waals surface area contributed by atoms with Crippen molar-refractivity contribution >= 4 is 11.9 Å². The van der Waals surface area contributed by atoms with E-state index in [-0.39, 0.29) is 0 Å². The molecule has 0 aromatic rings. The summed E-state index contributed by atoms with van der Waals surface area (Å²) in [7, 11) is 0. The third-order valence-corrected chi connectivity index (χ3v) is 0.850. The lowest BCUT2D eigenvalue weighted by Crippen LogP contribution is -2.28. The van der Waals surface area contributed by atoms with Crippen molar-refractivity contribution in [2.45, 2.75) is 32.8 Å². The first-order valence-corrected chi connectivity index (χ1v) is 3.50. The Hall–Kier alpha value is -1.10. The summed E-state index contributed by atoms with van der Waals surface area (Å²) in [4.78, 5) is 21.3. The standard InChI is InChI=1S/C7H13NO4/c1-7(2,3)12-6(10)4-5(9)8-11/h11H,4H2,1-3H3,(H,8,9). The van der Waals surface area contributed by atoms with Crippen molar-refractivity contribution in [3.63, 3.8) is 0 Å². The maximum absolute atomic E-state index is 10.8. The minimum atomic E-state index is -0.774. The number of hydrogen-bond donors (Lipinski definition) is 2. The van der Waals surface area contributed by atoms with Crippen LogP contribution in [-0.4, -0.2) is 22.7 Å². The van der Waals surface area contributed by atoms with E-state index in [4.69, 9.17) is 9.94 Å². The summed E-state index contributed by atoms with van der Waals surface area (Å²) in [5, 5.41) is 8.07. The van der Waals surface area contributed by atoms with Crippen molar-refractivity contribution in [3.8, 4) is 0 Å². The molecular formula is C7H13NO4. The molecule has 0 heterocycles. The number of amides is 1. The van der Waals surface area contributed by atoms with Crippen molar-refractivity contribution in [2.24, 2.45) is 0 Å². The summed E-state index contributed by atoms with van der Waals surface area (Å²) in [6.45, 7) is 5.09. The quantitative estimate of drug-likeness (QED) is 0.272. The van der Waals surface area contributed by atoms with Gasteiger partial charge in [0.1, 0.15) is 12.0 Å². The number of carbonyl (C=O) groups excluding carboxylic acids is 2. The summed E-state index contributed by atoms with van der Waals surface area (Å²) in [6, 6.07) is 0. The van der Waals surface area contributed by atoms with E-state index >= 15 is 0 Å². The van der Waals surface area contributed by atoms with Crippen LogP contribution >= 0.6 is 0 Å². The zero-order chi connectivity index (χ0) is 9.78. The molecule has 0 aliphatic rings. The molecule has 70 valence electrons. The highest BCUT2D eigenvalue weighted by Crippen LogP contribution is 2.07. The van der Waals surface area contributed by atoms with Crippen LogP contribution in [0.5, 0.6) is 0 Å². The number of carbonyl (C=O) groups is 2. The Bertz CT molecular complexity index is 182. The minimum absolute atomic E-state index is 0.465. The molecule has 0 atom stereocenters. The first-order valence-electron chi connectivity index (χ1n) is 3.50. The van der Waals surface area contributed by atoms with E-state index in [2.05, 4.69) is 0 Å². The normalized spacial score (nSPS) is 10.7. The molecule has 0 saturated heterocycles. The van der Waals surface area contributed by atoms with Crippen molar-refractivity contribution in [1.82, 2.24) is 5.48 Å². The second-order valence-electron chi connectivity index (χ2n) is 3.30. The fourth-order valence-corrected chi connectivity index (χ4v) is 0.548. The molecule has 0 rings (SSSR count). The zero-order valence-corrected chi connectivity index (χ0v) is 7.38. The lowest BCUT2D eigenvalue weighted by atomic mass is 10.2. The van der Waals surface area contributed by atoms with Gasteiger partial charge in [0.15, 0.2) is 0 Å². The number of rotatable bonds is 2. The van der Waals surface area contributed by atoms with E-state index in [9.17, 15) is 9.59 Å². The number of ether oxygens (including phenoxy) is 1. The van der Waals surface area contributed by atoms with Gasteiger partial charge in [-0.15, -0.1) is 0 Å². The van der Waals surface area contributed by atoms with Gasteiger partial charge in [0.2, 0.25) is 0 Å². The predicted octanol–water partition coefficient (Wildman–Crippen LogP) is 0.224. The summed E-state index contributed by atoms with van der Waals surface area (Å²) in [5.41, 5.74) is 0.738. The van der Waals surface area contributed by atoms with Crippen LogP contribution in [0, 0.1) is 0 Å². The average molecular weight is 175 g/mol. The molecule has 0 aromatic carbocycles. The molecule has 0 radical (unpaired) electrons.